The standard InChI is InChI=1S/C17H23N3O/c1-17(2)9-3-6-14(11-17)20-16(21)15-8-7-13(12-19-15)5-4-10-18/h7-8,12,14H,3,6,9-11,18H2,1-2H3,(H,20,21). The Balaban J connectivity index is 1.97. The summed E-state index contributed by atoms with van der Waals surface area (Å²) in [5.41, 5.74) is 6.85. The number of amides is 1. The molecule has 0 aromatic carbocycles. The van der Waals surface area contributed by atoms with Crippen LogP contribution in [-0.2, 0) is 0 Å². The largest absolute Gasteiger partial charge is 0.348 e. The highest BCUT2D eigenvalue weighted by Crippen LogP contribution is 2.35. The highest BCUT2D eigenvalue weighted by atomic mass is 16.1. The fraction of sp³-hybridized carbons (Fsp3) is 0.529. The zero-order valence-electron chi connectivity index (χ0n) is 12.8. The lowest BCUT2D eigenvalue weighted by Gasteiger charge is -2.35. The summed E-state index contributed by atoms with van der Waals surface area (Å²) in [5, 5.41) is 3.10. The van der Waals surface area contributed by atoms with E-state index in [9.17, 15) is 4.79 Å². The predicted octanol–water partition coefficient (Wildman–Crippen LogP) is 2.09. The number of nitrogens with one attached hydrogen (secondary N) is 1. The quantitative estimate of drug-likeness (QED) is 0.818. The minimum absolute atomic E-state index is 0.101. The molecule has 0 spiro atoms. The van der Waals surface area contributed by atoms with Crippen molar-refractivity contribution in [2.45, 2.75) is 45.6 Å². The van der Waals surface area contributed by atoms with Gasteiger partial charge in [0.2, 0.25) is 0 Å². The fourth-order valence-corrected chi connectivity index (χ4v) is 2.84. The second kappa shape index (κ2) is 6.73. The number of hydrogen-bond donors (Lipinski definition) is 2. The first-order valence-electron chi connectivity index (χ1n) is 7.46. The summed E-state index contributed by atoms with van der Waals surface area (Å²) in [7, 11) is 0. The van der Waals surface area contributed by atoms with Gasteiger partial charge in [-0.2, -0.15) is 0 Å². The number of hydrogen-bond acceptors (Lipinski definition) is 3. The number of nitrogens with zero attached hydrogens (tertiary/aromatic N) is 1. The Morgan fingerprint density at radius 1 is 1.52 bits per heavy atom. The van der Waals surface area contributed by atoms with Crippen LogP contribution in [0.25, 0.3) is 0 Å². The zero-order chi connectivity index (χ0) is 15.3. The second-order valence-corrected chi connectivity index (χ2v) is 6.37. The van der Waals surface area contributed by atoms with Crippen LogP contribution in [0, 0.1) is 17.3 Å². The summed E-state index contributed by atoms with van der Waals surface area (Å²) in [6.45, 7) is 4.84. The Labute approximate surface area is 126 Å². The molecule has 2 rings (SSSR count). The van der Waals surface area contributed by atoms with Gasteiger partial charge in [-0.25, -0.2) is 4.98 Å². The van der Waals surface area contributed by atoms with Crippen LogP contribution in [0.5, 0.6) is 0 Å². The Morgan fingerprint density at radius 2 is 2.33 bits per heavy atom. The molecule has 1 aromatic heterocycles. The van der Waals surface area contributed by atoms with Gasteiger partial charge < -0.3 is 11.1 Å². The lowest BCUT2D eigenvalue weighted by molar-refractivity contribution is 0.0897. The number of carbonyl (C=O) groups excluding carboxylic acids is 1. The van der Waals surface area contributed by atoms with Gasteiger partial charge in [0.05, 0.1) is 6.54 Å². The van der Waals surface area contributed by atoms with Gasteiger partial charge in [-0.3, -0.25) is 4.79 Å². The van der Waals surface area contributed by atoms with E-state index in [1.807, 2.05) is 0 Å². The van der Waals surface area contributed by atoms with Gasteiger partial charge in [0.15, 0.2) is 0 Å². The van der Waals surface area contributed by atoms with E-state index in [2.05, 4.69) is 36.0 Å². The summed E-state index contributed by atoms with van der Waals surface area (Å²) in [6.07, 6.45) is 6.08. The van der Waals surface area contributed by atoms with E-state index in [0.29, 0.717) is 17.7 Å². The maximum atomic E-state index is 12.2. The van der Waals surface area contributed by atoms with Crippen LogP contribution in [-0.4, -0.2) is 23.5 Å². The van der Waals surface area contributed by atoms with Crippen molar-refractivity contribution in [3.8, 4) is 11.8 Å². The van der Waals surface area contributed by atoms with Crippen molar-refractivity contribution in [3.05, 3.63) is 29.6 Å². The molecule has 0 radical (unpaired) electrons. The van der Waals surface area contributed by atoms with Crippen molar-refractivity contribution >= 4 is 5.91 Å². The van der Waals surface area contributed by atoms with Gasteiger partial charge in [-0.15, -0.1) is 0 Å². The van der Waals surface area contributed by atoms with Gasteiger partial charge in [0, 0.05) is 17.8 Å². The van der Waals surface area contributed by atoms with Crippen LogP contribution >= 0.6 is 0 Å². The molecule has 112 valence electrons. The van der Waals surface area contributed by atoms with Crippen molar-refractivity contribution in [1.82, 2.24) is 10.3 Å². The summed E-state index contributed by atoms with van der Waals surface area (Å²) >= 11 is 0. The average Bonchev–Trinajstić information content (AvgIpc) is 2.44. The third-order valence-electron chi connectivity index (χ3n) is 3.87. The molecule has 1 heterocycles. The van der Waals surface area contributed by atoms with Crippen LogP contribution in [0.1, 0.15) is 55.6 Å². The maximum Gasteiger partial charge on any atom is 0.270 e. The van der Waals surface area contributed by atoms with Gasteiger partial charge in [-0.1, -0.05) is 32.1 Å². The normalized spacial score (nSPS) is 20.2. The van der Waals surface area contributed by atoms with Gasteiger partial charge in [0.25, 0.3) is 5.91 Å². The first kappa shape index (κ1) is 15.5. The van der Waals surface area contributed by atoms with Crippen LogP contribution in [0.15, 0.2) is 18.3 Å². The van der Waals surface area contributed by atoms with Crippen molar-refractivity contribution in [1.29, 1.82) is 0 Å². The van der Waals surface area contributed by atoms with E-state index < -0.39 is 0 Å². The Bertz CT molecular complexity index is 552. The fourth-order valence-electron chi connectivity index (χ4n) is 2.84. The predicted molar refractivity (Wildman–Crippen MR) is 83.7 cm³/mol. The van der Waals surface area contributed by atoms with E-state index in [0.717, 1.165) is 18.4 Å². The summed E-state index contributed by atoms with van der Waals surface area (Å²) in [4.78, 5) is 16.4. The minimum atomic E-state index is -0.101. The topological polar surface area (TPSA) is 68.0 Å². The van der Waals surface area contributed by atoms with E-state index in [4.69, 9.17) is 5.73 Å². The summed E-state index contributed by atoms with van der Waals surface area (Å²) in [5.74, 6) is 5.56. The monoisotopic (exact) mass is 285 g/mol. The highest BCUT2D eigenvalue weighted by molar-refractivity contribution is 5.92. The van der Waals surface area contributed by atoms with Crippen LogP contribution in [0.4, 0.5) is 0 Å². The van der Waals surface area contributed by atoms with Gasteiger partial charge in [-0.05, 0) is 36.8 Å². The van der Waals surface area contributed by atoms with Crippen LogP contribution < -0.4 is 11.1 Å². The molecule has 1 fully saturated rings. The molecule has 0 saturated heterocycles. The maximum absolute atomic E-state index is 12.2. The van der Waals surface area contributed by atoms with Crippen molar-refractivity contribution in [2.75, 3.05) is 6.54 Å². The van der Waals surface area contributed by atoms with Crippen molar-refractivity contribution in [2.24, 2.45) is 11.1 Å². The molecule has 4 heteroatoms. The highest BCUT2D eigenvalue weighted by Gasteiger charge is 2.29. The molecule has 0 bridgehead atoms. The summed E-state index contributed by atoms with van der Waals surface area (Å²) in [6, 6.07) is 3.76. The molecule has 1 unspecified atom stereocenters. The third-order valence-corrected chi connectivity index (χ3v) is 3.87. The van der Waals surface area contributed by atoms with Crippen molar-refractivity contribution < 1.29 is 4.79 Å². The molecule has 1 saturated carbocycles. The Hall–Kier alpha value is -1.86. The lowest BCUT2D eigenvalue weighted by atomic mass is 9.75. The summed E-state index contributed by atoms with van der Waals surface area (Å²) < 4.78 is 0. The van der Waals surface area contributed by atoms with Crippen LogP contribution in [0.3, 0.4) is 0 Å². The Morgan fingerprint density at radius 3 is 2.95 bits per heavy atom. The minimum Gasteiger partial charge on any atom is -0.348 e. The van der Waals surface area contributed by atoms with Crippen LogP contribution in [0.2, 0.25) is 0 Å². The lowest BCUT2D eigenvalue weighted by Crippen LogP contribution is -2.40. The van der Waals surface area contributed by atoms with Gasteiger partial charge in [0.1, 0.15) is 5.69 Å². The molecule has 1 amide bonds. The smallest absolute Gasteiger partial charge is 0.270 e. The molecule has 0 aliphatic heterocycles. The molecular weight excluding hydrogens is 262 g/mol. The number of carbonyl (C=O) groups is 1. The van der Waals surface area contributed by atoms with E-state index in [1.165, 1.54) is 12.8 Å². The second-order valence-electron chi connectivity index (χ2n) is 6.37. The molecular formula is C17H23N3O. The molecule has 1 atom stereocenters. The molecule has 1 aliphatic rings. The van der Waals surface area contributed by atoms with E-state index >= 15 is 0 Å². The van der Waals surface area contributed by atoms with E-state index in [-0.39, 0.29) is 11.9 Å². The number of rotatable bonds is 2. The number of pyridine rings is 1. The Kier molecular flexibility index (Phi) is 4.98. The first-order chi connectivity index (χ1) is 10.00. The van der Waals surface area contributed by atoms with Crippen molar-refractivity contribution in [3.63, 3.8) is 0 Å². The zero-order valence-corrected chi connectivity index (χ0v) is 12.8. The molecule has 1 aromatic rings. The molecule has 3 N–H and O–H groups in total. The third kappa shape index (κ3) is 4.57. The van der Waals surface area contributed by atoms with Gasteiger partial charge >= 0.3 is 0 Å². The number of nitrogens with two attached hydrogens (primary N) is 1. The first-order valence-corrected chi connectivity index (χ1v) is 7.46. The number of aromatic nitrogens is 1. The SMILES string of the molecule is CC1(C)CCCC(NC(=O)c2ccc(C#CCN)cn2)C1. The average molecular weight is 285 g/mol. The van der Waals surface area contributed by atoms with E-state index in [1.54, 1.807) is 18.3 Å². The molecule has 1 aliphatic carbocycles. The molecule has 21 heavy (non-hydrogen) atoms. The molecule has 4 nitrogen and oxygen atoms in total.